The lowest BCUT2D eigenvalue weighted by molar-refractivity contribution is 0.0526. The van der Waals surface area contributed by atoms with Gasteiger partial charge >= 0.3 is 5.97 Å². The Hall–Kier alpha value is -2.30. The van der Waals surface area contributed by atoms with E-state index in [0.717, 1.165) is 30.2 Å². The molecule has 1 heterocycles. The van der Waals surface area contributed by atoms with Crippen LogP contribution in [0.15, 0.2) is 18.2 Å². The second-order valence-electron chi connectivity index (χ2n) is 4.92. The molecule has 2 aromatic rings. The Labute approximate surface area is 124 Å². The average Bonchev–Trinajstić information content (AvgIpc) is 2.45. The van der Waals surface area contributed by atoms with Crippen LogP contribution in [-0.4, -0.2) is 17.6 Å². The Kier molecular flexibility index (Phi) is 4.62. The van der Waals surface area contributed by atoms with Crippen LogP contribution < -0.4 is 11.5 Å². The van der Waals surface area contributed by atoms with Gasteiger partial charge in [0.05, 0.1) is 17.8 Å². The van der Waals surface area contributed by atoms with Crippen LogP contribution in [0.3, 0.4) is 0 Å². The first kappa shape index (κ1) is 15.1. The van der Waals surface area contributed by atoms with Gasteiger partial charge in [-0.3, -0.25) is 0 Å². The van der Waals surface area contributed by atoms with Crippen LogP contribution in [-0.2, 0) is 11.2 Å². The van der Waals surface area contributed by atoms with E-state index >= 15 is 0 Å². The minimum atomic E-state index is -0.419. The zero-order valence-corrected chi connectivity index (χ0v) is 12.5. The van der Waals surface area contributed by atoms with E-state index in [2.05, 4.69) is 11.9 Å². The minimum Gasteiger partial charge on any atom is -0.462 e. The predicted molar refractivity (Wildman–Crippen MR) is 85.1 cm³/mol. The second kappa shape index (κ2) is 6.43. The molecule has 2 rings (SSSR count). The number of nitrogen functional groups attached to an aromatic ring is 2. The van der Waals surface area contributed by atoms with E-state index in [-0.39, 0.29) is 5.82 Å². The van der Waals surface area contributed by atoms with Crippen LogP contribution >= 0.6 is 0 Å². The van der Waals surface area contributed by atoms with Gasteiger partial charge in [-0.05, 0) is 31.4 Å². The molecule has 0 radical (unpaired) electrons. The van der Waals surface area contributed by atoms with E-state index in [1.165, 1.54) is 0 Å². The van der Waals surface area contributed by atoms with Crippen molar-refractivity contribution in [3.63, 3.8) is 0 Å². The number of esters is 1. The molecule has 1 aromatic heterocycles. The summed E-state index contributed by atoms with van der Waals surface area (Å²) >= 11 is 0. The summed E-state index contributed by atoms with van der Waals surface area (Å²) in [7, 11) is 0. The Bertz CT molecular complexity index is 668. The maximum Gasteiger partial charge on any atom is 0.342 e. The van der Waals surface area contributed by atoms with Crippen LogP contribution in [0.2, 0.25) is 0 Å². The molecule has 1 aromatic carbocycles. The molecule has 5 nitrogen and oxygen atoms in total. The summed E-state index contributed by atoms with van der Waals surface area (Å²) in [6, 6.07) is 5.56. The molecule has 0 unspecified atom stereocenters. The minimum absolute atomic E-state index is 0.185. The van der Waals surface area contributed by atoms with Gasteiger partial charge in [0.25, 0.3) is 0 Å². The number of benzene rings is 1. The normalized spacial score (nSPS) is 10.8. The van der Waals surface area contributed by atoms with Crippen molar-refractivity contribution in [2.75, 3.05) is 18.1 Å². The summed E-state index contributed by atoms with van der Waals surface area (Å²) < 4.78 is 5.12. The van der Waals surface area contributed by atoms with E-state index < -0.39 is 5.97 Å². The Balaban J connectivity index is 2.70. The fraction of sp³-hybridized carbons (Fsp3) is 0.375. The second-order valence-corrected chi connectivity index (χ2v) is 4.92. The molecule has 0 spiro atoms. The monoisotopic (exact) mass is 287 g/mol. The lowest BCUT2D eigenvalue weighted by Crippen LogP contribution is -2.14. The summed E-state index contributed by atoms with van der Waals surface area (Å²) in [6.45, 7) is 4.18. The highest BCUT2D eigenvalue weighted by Crippen LogP contribution is 2.30. The van der Waals surface area contributed by atoms with Crippen molar-refractivity contribution >= 4 is 28.4 Å². The van der Waals surface area contributed by atoms with Gasteiger partial charge in [-0.25, -0.2) is 9.78 Å². The van der Waals surface area contributed by atoms with Crippen molar-refractivity contribution in [2.24, 2.45) is 0 Å². The predicted octanol–water partition coefficient (Wildman–Crippen LogP) is 2.92. The number of unbranched alkanes of at least 4 members (excludes halogenated alkanes) is 1. The molecule has 0 saturated heterocycles. The van der Waals surface area contributed by atoms with Gasteiger partial charge in [0.1, 0.15) is 11.4 Å². The third-order valence-electron chi connectivity index (χ3n) is 3.44. The SMILES string of the molecule is CCCCc1c(C(=O)OCC)c(N)nc2c(N)cccc12. The molecule has 21 heavy (non-hydrogen) atoms. The molecule has 5 heteroatoms. The Morgan fingerprint density at radius 2 is 2.05 bits per heavy atom. The van der Waals surface area contributed by atoms with Gasteiger partial charge in [0, 0.05) is 5.39 Å². The van der Waals surface area contributed by atoms with Crippen molar-refractivity contribution in [3.05, 3.63) is 29.3 Å². The van der Waals surface area contributed by atoms with Crippen molar-refractivity contribution in [2.45, 2.75) is 33.1 Å². The fourth-order valence-corrected chi connectivity index (χ4v) is 2.44. The molecule has 0 saturated carbocycles. The Morgan fingerprint density at radius 3 is 2.71 bits per heavy atom. The largest absolute Gasteiger partial charge is 0.462 e. The van der Waals surface area contributed by atoms with Crippen LogP contribution in [0, 0.1) is 0 Å². The van der Waals surface area contributed by atoms with Gasteiger partial charge in [-0.1, -0.05) is 25.5 Å². The van der Waals surface area contributed by atoms with Gasteiger partial charge in [0.2, 0.25) is 0 Å². The summed E-state index contributed by atoms with van der Waals surface area (Å²) in [5.41, 5.74) is 14.4. The highest BCUT2D eigenvalue weighted by molar-refractivity contribution is 6.04. The first-order valence-corrected chi connectivity index (χ1v) is 7.23. The zero-order chi connectivity index (χ0) is 15.4. The summed E-state index contributed by atoms with van der Waals surface area (Å²) in [6.07, 6.45) is 2.73. The first-order valence-electron chi connectivity index (χ1n) is 7.23. The van der Waals surface area contributed by atoms with Gasteiger partial charge in [-0.15, -0.1) is 0 Å². The highest BCUT2D eigenvalue weighted by Gasteiger charge is 2.21. The molecule has 0 aliphatic rings. The van der Waals surface area contributed by atoms with Crippen molar-refractivity contribution in [3.8, 4) is 0 Å². The van der Waals surface area contributed by atoms with Gasteiger partial charge in [0.15, 0.2) is 0 Å². The summed E-state index contributed by atoms with van der Waals surface area (Å²) in [5.74, 6) is -0.233. The number of carbonyl (C=O) groups is 1. The lowest BCUT2D eigenvalue weighted by atomic mass is 9.97. The molecule has 112 valence electrons. The van der Waals surface area contributed by atoms with Crippen LogP contribution in [0.5, 0.6) is 0 Å². The van der Waals surface area contributed by atoms with Crippen molar-refractivity contribution < 1.29 is 9.53 Å². The number of ether oxygens (including phenoxy) is 1. The number of hydrogen-bond donors (Lipinski definition) is 2. The van der Waals surface area contributed by atoms with E-state index in [0.29, 0.717) is 23.4 Å². The summed E-state index contributed by atoms with van der Waals surface area (Å²) in [5, 5.41) is 0.876. The van der Waals surface area contributed by atoms with E-state index in [4.69, 9.17) is 16.2 Å². The van der Waals surface area contributed by atoms with Crippen LogP contribution in [0.4, 0.5) is 11.5 Å². The molecule has 0 amide bonds. The number of hydrogen-bond acceptors (Lipinski definition) is 5. The van der Waals surface area contributed by atoms with Crippen molar-refractivity contribution in [1.82, 2.24) is 4.98 Å². The van der Waals surface area contributed by atoms with E-state index in [1.807, 2.05) is 12.1 Å². The maximum atomic E-state index is 12.2. The number of nitrogens with zero attached hydrogens (tertiary/aromatic N) is 1. The number of aryl methyl sites for hydroxylation is 1. The number of carbonyl (C=O) groups excluding carboxylic acids is 1. The molecule has 0 bridgehead atoms. The van der Waals surface area contributed by atoms with Crippen LogP contribution in [0.1, 0.15) is 42.6 Å². The average molecular weight is 287 g/mol. The number of nitrogens with two attached hydrogens (primary N) is 2. The number of rotatable bonds is 5. The van der Waals surface area contributed by atoms with Crippen LogP contribution in [0.25, 0.3) is 10.9 Å². The molecular formula is C16H21N3O2. The van der Waals surface area contributed by atoms with E-state index in [9.17, 15) is 4.79 Å². The number of aromatic nitrogens is 1. The molecular weight excluding hydrogens is 266 g/mol. The topological polar surface area (TPSA) is 91.2 Å². The standard InChI is InChI=1S/C16H21N3O2/c1-3-5-7-10-11-8-6-9-12(17)14(11)19-15(18)13(10)16(20)21-4-2/h6,8-9H,3-5,7,17H2,1-2H3,(H2,18,19). The first-order chi connectivity index (χ1) is 10.1. The molecule has 0 aliphatic heterocycles. The maximum absolute atomic E-state index is 12.2. The molecule has 0 aliphatic carbocycles. The third-order valence-corrected chi connectivity index (χ3v) is 3.44. The Morgan fingerprint density at radius 1 is 1.29 bits per heavy atom. The fourth-order valence-electron chi connectivity index (χ4n) is 2.44. The number of anilines is 2. The van der Waals surface area contributed by atoms with Gasteiger partial charge < -0.3 is 16.2 Å². The third kappa shape index (κ3) is 2.91. The lowest BCUT2D eigenvalue weighted by Gasteiger charge is -2.14. The molecule has 0 fully saturated rings. The smallest absolute Gasteiger partial charge is 0.342 e. The number of fused-ring (bicyclic) bond motifs is 1. The number of pyridine rings is 1. The van der Waals surface area contributed by atoms with Gasteiger partial charge in [-0.2, -0.15) is 0 Å². The molecule has 0 atom stereocenters. The highest BCUT2D eigenvalue weighted by atomic mass is 16.5. The van der Waals surface area contributed by atoms with Crippen molar-refractivity contribution in [1.29, 1.82) is 0 Å². The molecule has 4 N–H and O–H groups in total. The summed E-state index contributed by atoms with van der Waals surface area (Å²) in [4.78, 5) is 16.5. The van der Waals surface area contributed by atoms with E-state index in [1.54, 1.807) is 13.0 Å². The quantitative estimate of drug-likeness (QED) is 0.651. The number of para-hydroxylation sites is 1. The zero-order valence-electron chi connectivity index (χ0n) is 12.5.